The molecule has 1 N–H and O–H groups in total. The summed E-state index contributed by atoms with van der Waals surface area (Å²) in [6, 6.07) is 12.1. The van der Waals surface area contributed by atoms with Gasteiger partial charge in [-0.2, -0.15) is 23.3 Å². The van der Waals surface area contributed by atoms with Crippen molar-refractivity contribution in [2.24, 2.45) is 5.10 Å². The molecule has 0 aromatic heterocycles. The number of carbonyl (C=O) groups excluding carboxylic acids is 1. The molecule has 0 saturated heterocycles. The Hall–Kier alpha value is -2.87. The quantitative estimate of drug-likeness (QED) is 0.791. The van der Waals surface area contributed by atoms with Gasteiger partial charge < -0.3 is 9.84 Å². The van der Waals surface area contributed by atoms with E-state index in [0.29, 0.717) is 11.3 Å². The van der Waals surface area contributed by atoms with E-state index in [0.717, 1.165) is 23.1 Å². The van der Waals surface area contributed by atoms with Gasteiger partial charge in [0, 0.05) is 0 Å². The Morgan fingerprint density at radius 3 is 2.30 bits per heavy atom. The Balaban J connectivity index is 1.85. The van der Waals surface area contributed by atoms with Crippen LogP contribution in [-0.2, 0) is 11.2 Å². The van der Waals surface area contributed by atoms with Gasteiger partial charge in [0.15, 0.2) is 6.61 Å². The van der Waals surface area contributed by atoms with Gasteiger partial charge in [-0.15, -0.1) is 0 Å². The lowest BCUT2D eigenvalue weighted by molar-refractivity contribution is -0.302. The first-order valence-electron chi connectivity index (χ1n) is 9.53. The van der Waals surface area contributed by atoms with Gasteiger partial charge in [0.1, 0.15) is 5.75 Å². The number of alkyl halides is 3. The highest BCUT2D eigenvalue weighted by Crippen LogP contribution is 2.41. The summed E-state index contributed by atoms with van der Waals surface area (Å²) in [4.78, 5) is 12.6. The molecule has 0 fully saturated rings. The maximum absolute atomic E-state index is 13.7. The second-order valence-electron chi connectivity index (χ2n) is 7.41. The van der Waals surface area contributed by atoms with Crippen molar-refractivity contribution in [1.29, 1.82) is 0 Å². The molecule has 1 atom stereocenters. The van der Waals surface area contributed by atoms with Gasteiger partial charge in [0.25, 0.3) is 11.6 Å². The largest absolute Gasteiger partial charge is 0.484 e. The van der Waals surface area contributed by atoms with E-state index in [4.69, 9.17) is 4.74 Å². The van der Waals surface area contributed by atoms with Crippen LogP contribution in [0, 0.1) is 13.8 Å². The van der Waals surface area contributed by atoms with Crippen LogP contribution in [0.2, 0.25) is 0 Å². The van der Waals surface area contributed by atoms with Crippen LogP contribution in [0.25, 0.3) is 0 Å². The number of aliphatic hydroxyl groups is 1. The molecule has 2 aromatic carbocycles. The summed E-state index contributed by atoms with van der Waals surface area (Å²) < 4.78 is 46.4. The number of aryl methyl sites for hydroxylation is 3. The van der Waals surface area contributed by atoms with E-state index < -0.39 is 30.8 Å². The minimum atomic E-state index is -5.09. The van der Waals surface area contributed by atoms with E-state index in [1.165, 1.54) is 0 Å². The molecule has 30 heavy (non-hydrogen) atoms. The van der Waals surface area contributed by atoms with Crippen LogP contribution in [0.4, 0.5) is 13.2 Å². The summed E-state index contributed by atoms with van der Waals surface area (Å²) in [6.07, 6.45) is -5.16. The Labute approximate surface area is 172 Å². The van der Waals surface area contributed by atoms with Crippen molar-refractivity contribution in [3.63, 3.8) is 0 Å². The van der Waals surface area contributed by atoms with Gasteiger partial charge in [0.05, 0.1) is 12.1 Å². The fourth-order valence-corrected chi connectivity index (χ4v) is 3.34. The molecule has 1 heterocycles. The normalized spacial score (nSPS) is 19.0. The molecule has 0 saturated carbocycles. The third kappa shape index (κ3) is 4.33. The molecule has 1 aliphatic rings. The molecule has 3 rings (SSSR count). The van der Waals surface area contributed by atoms with Gasteiger partial charge in [-0.05, 0) is 54.7 Å². The van der Waals surface area contributed by atoms with E-state index in [1.807, 2.05) is 26.8 Å². The van der Waals surface area contributed by atoms with Gasteiger partial charge in [-0.3, -0.25) is 4.79 Å². The SMILES string of the molecule is CCc1ccc(C2=NN(C(=O)COc3cc(C)cc(C)c3)[C@](O)(C(F)(F)F)C2)cc1. The molecule has 0 radical (unpaired) electrons. The molecule has 0 unspecified atom stereocenters. The van der Waals surface area contributed by atoms with E-state index in [9.17, 15) is 23.1 Å². The summed E-state index contributed by atoms with van der Waals surface area (Å²) >= 11 is 0. The zero-order valence-electron chi connectivity index (χ0n) is 17.0. The van der Waals surface area contributed by atoms with Crippen molar-refractivity contribution in [1.82, 2.24) is 5.01 Å². The average molecular weight is 420 g/mol. The molecular weight excluding hydrogens is 397 g/mol. The second kappa shape index (κ2) is 8.10. The van der Waals surface area contributed by atoms with Crippen LogP contribution >= 0.6 is 0 Å². The van der Waals surface area contributed by atoms with Crippen LogP contribution in [-0.4, -0.2) is 40.2 Å². The average Bonchev–Trinajstić information content (AvgIpc) is 3.04. The highest BCUT2D eigenvalue weighted by Gasteiger charge is 2.63. The van der Waals surface area contributed by atoms with Crippen LogP contribution in [0.1, 0.15) is 35.6 Å². The molecule has 1 aliphatic heterocycles. The Bertz CT molecular complexity index is 950. The number of nitrogens with zero attached hydrogens (tertiary/aromatic N) is 2. The first-order chi connectivity index (χ1) is 14.0. The third-order valence-electron chi connectivity index (χ3n) is 4.93. The predicted octanol–water partition coefficient (Wildman–Crippen LogP) is 4.13. The fraction of sp³-hybridized carbons (Fsp3) is 0.364. The maximum atomic E-state index is 13.7. The van der Waals surface area contributed by atoms with Crippen molar-refractivity contribution in [3.8, 4) is 5.75 Å². The molecule has 8 heteroatoms. The van der Waals surface area contributed by atoms with E-state index in [-0.39, 0.29) is 10.7 Å². The highest BCUT2D eigenvalue weighted by molar-refractivity contribution is 6.03. The fourth-order valence-electron chi connectivity index (χ4n) is 3.34. The van der Waals surface area contributed by atoms with Crippen LogP contribution in [0.3, 0.4) is 0 Å². The number of carbonyl (C=O) groups is 1. The molecule has 160 valence electrons. The number of hydrogen-bond donors (Lipinski definition) is 1. The highest BCUT2D eigenvalue weighted by atomic mass is 19.4. The number of amides is 1. The monoisotopic (exact) mass is 420 g/mol. The van der Waals surface area contributed by atoms with E-state index in [1.54, 1.807) is 36.4 Å². The van der Waals surface area contributed by atoms with Gasteiger partial charge >= 0.3 is 6.18 Å². The first kappa shape index (κ1) is 21.8. The lowest BCUT2D eigenvalue weighted by Gasteiger charge is -2.32. The zero-order chi connectivity index (χ0) is 22.1. The lowest BCUT2D eigenvalue weighted by atomic mass is 9.99. The number of benzene rings is 2. The minimum absolute atomic E-state index is 0.0165. The van der Waals surface area contributed by atoms with Crippen LogP contribution in [0.5, 0.6) is 5.75 Å². The van der Waals surface area contributed by atoms with Crippen molar-refractivity contribution in [2.75, 3.05) is 6.61 Å². The van der Waals surface area contributed by atoms with Crippen molar-refractivity contribution >= 4 is 11.6 Å². The Kier molecular flexibility index (Phi) is 5.90. The van der Waals surface area contributed by atoms with E-state index >= 15 is 0 Å². The molecule has 2 aromatic rings. The van der Waals surface area contributed by atoms with Crippen molar-refractivity contribution in [3.05, 3.63) is 64.7 Å². The number of rotatable bonds is 5. The molecule has 0 aliphatic carbocycles. The number of hydrazone groups is 1. The standard InChI is InChI=1S/C22H23F3N2O3/c1-4-16-5-7-17(8-6-16)19-12-21(29,22(23,24)25)27(26-19)20(28)13-30-18-10-14(2)9-15(3)11-18/h5-11,29H,4,12-13H2,1-3H3/t21-/m1/s1. The maximum Gasteiger partial charge on any atom is 0.438 e. The summed E-state index contributed by atoms with van der Waals surface area (Å²) in [5.41, 5.74) is -0.229. The number of hydrogen-bond acceptors (Lipinski definition) is 4. The van der Waals surface area contributed by atoms with Gasteiger partial charge in [-0.1, -0.05) is 37.3 Å². The summed E-state index contributed by atoms with van der Waals surface area (Å²) in [5, 5.41) is 14.3. The molecule has 0 bridgehead atoms. The lowest BCUT2D eigenvalue weighted by Crippen LogP contribution is -2.57. The zero-order valence-corrected chi connectivity index (χ0v) is 17.0. The first-order valence-corrected chi connectivity index (χ1v) is 9.53. The van der Waals surface area contributed by atoms with E-state index in [2.05, 4.69) is 5.10 Å². The third-order valence-corrected chi connectivity index (χ3v) is 4.93. The Morgan fingerprint density at radius 1 is 1.17 bits per heavy atom. The molecule has 5 nitrogen and oxygen atoms in total. The number of halogens is 3. The van der Waals surface area contributed by atoms with Gasteiger partial charge in [0.2, 0.25) is 0 Å². The topological polar surface area (TPSA) is 62.1 Å². The van der Waals surface area contributed by atoms with Crippen LogP contribution in [0.15, 0.2) is 47.6 Å². The number of ether oxygens (including phenoxy) is 1. The molecule has 1 amide bonds. The summed E-state index contributed by atoms with van der Waals surface area (Å²) in [7, 11) is 0. The molecular formula is C22H23F3N2O3. The smallest absolute Gasteiger partial charge is 0.438 e. The summed E-state index contributed by atoms with van der Waals surface area (Å²) in [6.45, 7) is 4.95. The van der Waals surface area contributed by atoms with Gasteiger partial charge in [-0.25, -0.2) is 0 Å². The van der Waals surface area contributed by atoms with Crippen molar-refractivity contribution in [2.45, 2.75) is 45.5 Å². The molecule has 0 spiro atoms. The Morgan fingerprint density at radius 2 is 1.77 bits per heavy atom. The van der Waals surface area contributed by atoms with Crippen LogP contribution < -0.4 is 4.74 Å². The predicted molar refractivity (Wildman–Crippen MR) is 106 cm³/mol. The minimum Gasteiger partial charge on any atom is -0.484 e. The second-order valence-corrected chi connectivity index (χ2v) is 7.41. The van der Waals surface area contributed by atoms with Crippen molar-refractivity contribution < 1.29 is 27.8 Å². The summed E-state index contributed by atoms with van der Waals surface area (Å²) in [5.74, 6) is -0.732.